The molecule has 3 aromatic rings. The molecule has 1 aromatic carbocycles. The van der Waals surface area contributed by atoms with Gasteiger partial charge in [0.05, 0.1) is 0 Å². The number of pyridine rings is 1. The molecule has 0 spiro atoms. The molecule has 0 saturated heterocycles. The molecule has 0 unspecified atom stereocenters. The molecular formula is C16H15N3O2. The molecule has 0 aliphatic carbocycles. The molecule has 0 bridgehead atoms. The average molecular weight is 281 g/mol. The van der Waals surface area contributed by atoms with Crippen LogP contribution in [0.4, 0.5) is 0 Å². The quantitative estimate of drug-likeness (QED) is 0.714. The average Bonchev–Trinajstić information content (AvgIpc) is 3.04. The maximum Gasteiger partial charge on any atom is 0.268 e. The molecule has 1 atom stereocenters. The largest absolute Gasteiger partial charge is 0.481 e. The van der Waals surface area contributed by atoms with E-state index in [0.29, 0.717) is 17.4 Å². The van der Waals surface area contributed by atoms with Crippen LogP contribution in [0.3, 0.4) is 0 Å². The second-order valence-corrected chi connectivity index (χ2v) is 4.50. The van der Waals surface area contributed by atoms with Crippen LogP contribution in [0.15, 0.2) is 59.3 Å². The molecule has 0 amide bonds. The Morgan fingerprint density at radius 3 is 2.62 bits per heavy atom. The topological polar surface area (TPSA) is 61.0 Å². The van der Waals surface area contributed by atoms with E-state index in [2.05, 4.69) is 15.1 Å². The van der Waals surface area contributed by atoms with Crippen LogP contribution < -0.4 is 4.74 Å². The monoisotopic (exact) mass is 281 g/mol. The normalized spacial score (nSPS) is 12.0. The van der Waals surface area contributed by atoms with Crippen LogP contribution in [-0.4, -0.2) is 15.1 Å². The Kier molecular flexibility index (Phi) is 3.91. The van der Waals surface area contributed by atoms with Crippen LogP contribution in [0.5, 0.6) is 5.75 Å². The summed E-state index contributed by atoms with van der Waals surface area (Å²) in [5.41, 5.74) is 0.682. The zero-order valence-electron chi connectivity index (χ0n) is 11.6. The van der Waals surface area contributed by atoms with Crippen LogP contribution in [0.1, 0.15) is 25.3 Å². The van der Waals surface area contributed by atoms with Crippen LogP contribution in [0.2, 0.25) is 0 Å². The Morgan fingerprint density at radius 1 is 1.10 bits per heavy atom. The zero-order chi connectivity index (χ0) is 14.5. The van der Waals surface area contributed by atoms with Crippen molar-refractivity contribution in [3.8, 4) is 17.3 Å². The first-order valence-corrected chi connectivity index (χ1v) is 6.83. The highest BCUT2D eigenvalue weighted by atomic mass is 16.5. The van der Waals surface area contributed by atoms with Crippen molar-refractivity contribution >= 4 is 0 Å². The minimum absolute atomic E-state index is 0.266. The van der Waals surface area contributed by atoms with Gasteiger partial charge >= 0.3 is 0 Å². The smallest absolute Gasteiger partial charge is 0.268 e. The second kappa shape index (κ2) is 6.17. The molecule has 0 aliphatic heterocycles. The molecule has 5 heteroatoms. The van der Waals surface area contributed by atoms with Gasteiger partial charge in [0.25, 0.3) is 5.89 Å². The molecule has 0 saturated carbocycles. The third kappa shape index (κ3) is 3.08. The first-order chi connectivity index (χ1) is 10.4. The van der Waals surface area contributed by atoms with Crippen LogP contribution in [-0.2, 0) is 0 Å². The van der Waals surface area contributed by atoms with Crippen LogP contribution in [0, 0.1) is 0 Å². The molecule has 2 heterocycles. The van der Waals surface area contributed by atoms with E-state index in [-0.39, 0.29) is 6.10 Å². The molecule has 5 nitrogen and oxygen atoms in total. The van der Waals surface area contributed by atoms with E-state index in [1.807, 2.05) is 55.5 Å². The molecule has 3 rings (SSSR count). The van der Waals surface area contributed by atoms with Crippen molar-refractivity contribution in [3.63, 3.8) is 0 Å². The van der Waals surface area contributed by atoms with Crippen molar-refractivity contribution in [2.75, 3.05) is 0 Å². The summed E-state index contributed by atoms with van der Waals surface area (Å²) in [5.74, 6) is 1.71. The number of nitrogens with zero attached hydrogens (tertiary/aromatic N) is 3. The van der Waals surface area contributed by atoms with Gasteiger partial charge < -0.3 is 9.26 Å². The van der Waals surface area contributed by atoms with Gasteiger partial charge in [-0.25, -0.2) is 0 Å². The van der Waals surface area contributed by atoms with E-state index in [1.54, 1.807) is 6.20 Å². The maximum atomic E-state index is 5.88. The van der Waals surface area contributed by atoms with Gasteiger partial charge in [0.15, 0.2) is 6.10 Å². The van der Waals surface area contributed by atoms with E-state index >= 15 is 0 Å². The summed E-state index contributed by atoms with van der Waals surface area (Å²) in [6.45, 7) is 2.01. The molecule has 0 N–H and O–H groups in total. The lowest BCUT2D eigenvalue weighted by Crippen LogP contribution is -2.06. The van der Waals surface area contributed by atoms with Gasteiger partial charge in [0, 0.05) is 6.20 Å². The fourth-order valence-corrected chi connectivity index (χ4v) is 1.94. The molecule has 106 valence electrons. The molecule has 0 radical (unpaired) electrons. The van der Waals surface area contributed by atoms with Crippen molar-refractivity contribution in [2.45, 2.75) is 19.4 Å². The highest BCUT2D eigenvalue weighted by molar-refractivity contribution is 5.47. The fraction of sp³-hybridized carbons (Fsp3) is 0.188. The number of rotatable bonds is 5. The Morgan fingerprint density at radius 2 is 1.90 bits per heavy atom. The van der Waals surface area contributed by atoms with Gasteiger partial charge in [-0.1, -0.05) is 36.3 Å². The third-order valence-corrected chi connectivity index (χ3v) is 3.00. The van der Waals surface area contributed by atoms with Crippen molar-refractivity contribution in [1.82, 2.24) is 15.1 Å². The van der Waals surface area contributed by atoms with Crippen molar-refractivity contribution in [1.29, 1.82) is 0 Å². The van der Waals surface area contributed by atoms with E-state index in [1.165, 1.54) is 0 Å². The van der Waals surface area contributed by atoms with Gasteiger partial charge in [0.2, 0.25) is 5.82 Å². The van der Waals surface area contributed by atoms with Gasteiger partial charge in [-0.3, -0.25) is 4.98 Å². The summed E-state index contributed by atoms with van der Waals surface area (Å²) in [7, 11) is 0. The first kappa shape index (κ1) is 13.3. The summed E-state index contributed by atoms with van der Waals surface area (Å²) in [6.07, 6.45) is 2.17. The third-order valence-electron chi connectivity index (χ3n) is 3.00. The maximum absolute atomic E-state index is 5.88. The minimum atomic E-state index is -0.266. The van der Waals surface area contributed by atoms with Crippen LogP contribution in [0.25, 0.3) is 11.5 Å². The molecule has 0 aliphatic rings. The Bertz CT molecular complexity index is 683. The molecule has 21 heavy (non-hydrogen) atoms. The summed E-state index contributed by atoms with van der Waals surface area (Å²) >= 11 is 0. The van der Waals surface area contributed by atoms with Crippen LogP contribution >= 0.6 is 0 Å². The number of hydrogen-bond acceptors (Lipinski definition) is 5. The van der Waals surface area contributed by atoms with E-state index in [4.69, 9.17) is 9.26 Å². The van der Waals surface area contributed by atoms with Gasteiger partial charge in [-0.15, -0.1) is 0 Å². The van der Waals surface area contributed by atoms with Crippen molar-refractivity contribution < 1.29 is 9.26 Å². The zero-order valence-corrected chi connectivity index (χ0v) is 11.6. The van der Waals surface area contributed by atoms with Gasteiger partial charge in [-0.05, 0) is 30.7 Å². The summed E-state index contributed by atoms with van der Waals surface area (Å²) in [4.78, 5) is 8.59. The predicted octanol–water partition coefficient (Wildman–Crippen LogP) is 3.66. The van der Waals surface area contributed by atoms with Crippen molar-refractivity contribution in [2.24, 2.45) is 0 Å². The standard InChI is InChI=1S/C16H15N3O2/c1-2-14(20-12-8-4-3-5-9-12)16-18-15(19-21-16)13-10-6-7-11-17-13/h3-11,14H,2H2,1H3/t14-/m0/s1. The molecular weight excluding hydrogens is 266 g/mol. The summed E-state index contributed by atoms with van der Waals surface area (Å²) < 4.78 is 11.2. The number of benzene rings is 1. The second-order valence-electron chi connectivity index (χ2n) is 4.50. The van der Waals surface area contributed by atoms with E-state index < -0.39 is 0 Å². The lowest BCUT2D eigenvalue weighted by molar-refractivity contribution is 0.154. The molecule has 2 aromatic heterocycles. The number of ether oxygens (including phenoxy) is 1. The van der Waals surface area contributed by atoms with Gasteiger partial charge in [-0.2, -0.15) is 4.98 Å². The van der Waals surface area contributed by atoms with Gasteiger partial charge in [0.1, 0.15) is 11.4 Å². The Balaban J connectivity index is 1.81. The summed E-state index contributed by atoms with van der Waals surface area (Å²) in [6, 6.07) is 15.2. The predicted molar refractivity (Wildman–Crippen MR) is 77.6 cm³/mol. The van der Waals surface area contributed by atoms with E-state index in [9.17, 15) is 0 Å². The minimum Gasteiger partial charge on any atom is -0.481 e. The summed E-state index contributed by atoms with van der Waals surface area (Å²) in [5, 5.41) is 3.97. The fourth-order valence-electron chi connectivity index (χ4n) is 1.94. The van der Waals surface area contributed by atoms with E-state index in [0.717, 1.165) is 12.2 Å². The lowest BCUT2D eigenvalue weighted by atomic mass is 10.2. The first-order valence-electron chi connectivity index (χ1n) is 6.83. The number of para-hydroxylation sites is 1. The lowest BCUT2D eigenvalue weighted by Gasteiger charge is -2.13. The Hall–Kier alpha value is -2.69. The van der Waals surface area contributed by atoms with Crippen molar-refractivity contribution in [3.05, 3.63) is 60.6 Å². The number of aromatic nitrogens is 3. The Labute approximate surface area is 122 Å². The number of hydrogen-bond donors (Lipinski definition) is 0. The molecule has 0 fully saturated rings. The highest BCUT2D eigenvalue weighted by Gasteiger charge is 2.20. The SMILES string of the molecule is CC[C@H](Oc1ccccc1)c1nc(-c2ccccn2)no1. The highest BCUT2D eigenvalue weighted by Crippen LogP contribution is 2.24.